The van der Waals surface area contributed by atoms with E-state index in [4.69, 9.17) is 0 Å². The van der Waals surface area contributed by atoms with Gasteiger partial charge >= 0.3 is 6.18 Å². The predicted molar refractivity (Wildman–Crippen MR) is 150 cm³/mol. The summed E-state index contributed by atoms with van der Waals surface area (Å²) in [5.74, 6) is -0.0154. The molecule has 1 fully saturated rings. The van der Waals surface area contributed by atoms with E-state index in [9.17, 15) is 28.1 Å². The molecular weight excluding hydrogens is 541 g/mol. The van der Waals surface area contributed by atoms with E-state index in [-0.39, 0.29) is 18.0 Å². The summed E-state index contributed by atoms with van der Waals surface area (Å²) in [6.07, 6.45) is -3.49. The van der Waals surface area contributed by atoms with Gasteiger partial charge in [-0.15, -0.1) is 0 Å². The van der Waals surface area contributed by atoms with Gasteiger partial charge in [0.1, 0.15) is 0 Å². The summed E-state index contributed by atoms with van der Waals surface area (Å²) in [7, 11) is 0. The van der Waals surface area contributed by atoms with Gasteiger partial charge in [-0.25, -0.2) is 0 Å². The van der Waals surface area contributed by atoms with Crippen LogP contribution in [0.5, 0.6) is 0 Å². The van der Waals surface area contributed by atoms with E-state index in [0.717, 1.165) is 39.9 Å². The standard InChI is InChI=1S/C29H31F3N4O3S/c1-21-5-2-3-6-26(21)40-27-12-9-23(29(30,31)32)20-25(27)33-13-4-14-34-15-17-35(18-16-34)28(37)19-22-7-10-24(11-8-22)36(38)39/h2-3,5-12,20,33H,4,13-19H2,1H3. The Morgan fingerprint density at radius 3 is 2.35 bits per heavy atom. The minimum Gasteiger partial charge on any atom is -0.384 e. The second-order valence-electron chi connectivity index (χ2n) is 9.68. The first-order valence-electron chi connectivity index (χ1n) is 13.0. The number of nitro benzene ring substituents is 1. The summed E-state index contributed by atoms with van der Waals surface area (Å²) in [5.41, 5.74) is 1.57. The van der Waals surface area contributed by atoms with Gasteiger partial charge in [-0.3, -0.25) is 19.8 Å². The van der Waals surface area contributed by atoms with E-state index in [0.29, 0.717) is 38.4 Å². The van der Waals surface area contributed by atoms with Gasteiger partial charge in [0.05, 0.1) is 16.9 Å². The monoisotopic (exact) mass is 572 g/mol. The number of hydrogen-bond acceptors (Lipinski definition) is 6. The van der Waals surface area contributed by atoms with Crippen LogP contribution >= 0.6 is 11.8 Å². The van der Waals surface area contributed by atoms with Crippen molar-refractivity contribution in [2.75, 3.05) is 44.6 Å². The molecule has 0 unspecified atom stereocenters. The molecular formula is C29H31F3N4O3S. The average molecular weight is 573 g/mol. The lowest BCUT2D eigenvalue weighted by Gasteiger charge is -2.35. The van der Waals surface area contributed by atoms with Crippen molar-refractivity contribution in [3.8, 4) is 0 Å². The minimum atomic E-state index is -4.42. The van der Waals surface area contributed by atoms with Crippen molar-refractivity contribution in [2.45, 2.75) is 35.7 Å². The minimum absolute atomic E-state index is 0.00590. The molecule has 0 saturated carbocycles. The SMILES string of the molecule is Cc1ccccc1Sc1ccc(C(F)(F)F)cc1NCCCN1CCN(C(=O)Cc2ccc([N+](=O)[O-])cc2)CC1. The van der Waals surface area contributed by atoms with E-state index in [2.05, 4.69) is 10.2 Å². The third-order valence-electron chi connectivity index (χ3n) is 6.81. The Bertz CT molecular complexity index is 1330. The number of carbonyl (C=O) groups excluding carboxylic acids is 1. The fourth-order valence-electron chi connectivity index (χ4n) is 4.49. The number of piperazine rings is 1. The smallest absolute Gasteiger partial charge is 0.384 e. The van der Waals surface area contributed by atoms with Gasteiger partial charge in [0, 0.05) is 60.3 Å². The molecule has 1 saturated heterocycles. The van der Waals surface area contributed by atoms with Crippen LogP contribution in [0.1, 0.15) is 23.1 Å². The van der Waals surface area contributed by atoms with Crippen LogP contribution < -0.4 is 5.32 Å². The summed E-state index contributed by atoms with van der Waals surface area (Å²) in [5, 5.41) is 14.0. The molecule has 11 heteroatoms. The number of non-ortho nitro benzene ring substituents is 1. The lowest BCUT2D eigenvalue weighted by atomic mass is 10.1. The molecule has 212 valence electrons. The van der Waals surface area contributed by atoms with Crippen LogP contribution in [0.3, 0.4) is 0 Å². The van der Waals surface area contributed by atoms with Crippen molar-refractivity contribution < 1.29 is 22.9 Å². The van der Waals surface area contributed by atoms with Crippen molar-refractivity contribution in [1.29, 1.82) is 0 Å². The van der Waals surface area contributed by atoms with Crippen molar-refractivity contribution >= 4 is 29.0 Å². The number of halogens is 3. The van der Waals surface area contributed by atoms with Crippen molar-refractivity contribution in [2.24, 2.45) is 0 Å². The molecule has 0 bridgehead atoms. The van der Waals surface area contributed by atoms with Crippen LogP contribution in [-0.2, 0) is 17.4 Å². The van der Waals surface area contributed by atoms with E-state index in [1.54, 1.807) is 17.0 Å². The molecule has 1 aliphatic rings. The van der Waals surface area contributed by atoms with Crippen molar-refractivity contribution in [3.63, 3.8) is 0 Å². The van der Waals surface area contributed by atoms with Crippen molar-refractivity contribution in [3.05, 3.63) is 93.5 Å². The fourth-order valence-corrected chi connectivity index (χ4v) is 5.48. The molecule has 0 radical (unpaired) electrons. The zero-order valence-electron chi connectivity index (χ0n) is 22.1. The molecule has 7 nitrogen and oxygen atoms in total. The molecule has 1 amide bonds. The molecule has 1 heterocycles. The first kappa shape index (κ1) is 29.4. The number of hydrogen-bond donors (Lipinski definition) is 1. The van der Waals surface area contributed by atoms with Crippen LogP contribution in [0.15, 0.2) is 76.5 Å². The molecule has 40 heavy (non-hydrogen) atoms. The lowest BCUT2D eigenvalue weighted by Crippen LogP contribution is -2.49. The molecule has 3 aromatic rings. The van der Waals surface area contributed by atoms with Crippen LogP contribution in [-0.4, -0.2) is 59.9 Å². The second kappa shape index (κ2) is 13.2. The highest BCUT2D eigenvalue weighted by Crippen LogP contribution is 2.39. The Hall–Kier alpha value is -3.57. The largest absolute Gasteiger partial charge is 0.416 e. The van der Waals surface area contributed by atoms with E-state index < -0.39 is 16.7 Å². The number of amides is 1. The van der Waals surface area contributed by atoms with Crippen LogP contribution in [0, 0.1) is 17.0 Å². The van der Waals surface area contributed by atoms with E-state index >= 15 is 0 Å². The topological polar surface area (TPSA) is 78.7 Å². The number of nitrogens with zero attached hydrogens (tertiary/aromatic N) is 3. The van der Waals surface area contributed by atoms with E-state index in [1.807, 2.05) is 31.2 Å². The van der Waals surface area contributed by atoms with Gasteiger partial charge < -0.3 is 10.2 Å². The summed E-state index contributed by atoms with van der Waals surface area (Å²) >= 11 is 1.44. The number of carbonyl (C=O) groups is 1. The fraction of sp³-hybridized carbons (Fsp3) is 0.345. The summed E-state index contributed by atoms with van der Waals surface area (Å²) < 4.78 is 40.2. The van der Waals surface area contributed by atoms with E-state index in [1.165, 1.54) is 36.0 Å². The molecule has 1 aliphatic heterocycles. The molecule has 0 aliphatic carbocycles. The van der Waals surface area contributed by atoms with Gasteiger partial charge in [0.15, 0.2) is 0 Å². The molecule has 4 rings (SSSR count). The average Bonchev–Trinajstić information content (AvgIpc) is 2.93. The van der Waals surface area contributed by atoms with Gasteiger partial charge in [0.2, 0.25) is 5.91 Å². The Morgan fingerprint density at radius 2 is 1.70 bits per heavy atom. The highest BCUT2D eigenvalue weighted by molar-refractivity contribution is 7.99. The van der Waals surface area contributed by atoms with Gasteiger partial charge in [-0.2, -0.15) is 13.2 Å². The van der Waals surface area contributed by atoms with Crippen molar-refractivity contribution in [1.82, 2.24) is 9.80 Å². The van der Waals surface area contributed by atoms with Crippen LogP contribution in [0.4, 0.5) is 24.5 Å². The highest BCUT2D eigenvalue weighted by atomic mass is 32.2. The number of alkyl halides is 3. The van der Waals surface area contributed by atoms with Crippen LogP contribution in [0.2, 0.25) is 0 Å². The zero-order chi connectivity index (χ0) is 28.7. The number of aryl methyl sites for hydroxylation is 1. The van der Waals surface area contributed by atoms with Crippen LogP contribution in [0.25, 0.3) is 0 Å². The number of nitrogens with one attached hydrogen (secondary N) is 1. The molecule has 3 aromatic carbocycles. The third-order valence-corrected chi connectivity index (χ3v) is 8.07. The second-order valence-corrected chi connectivity index (χ2v) is 10.8. The maximum atomic E-state index is 13.4. The molecule has 0 spiro atoms. The Kier molecular flexibility index (Phi) is 9.70. The first-order valence-corrected chi connectivity index (χ1v) is 13.8. The highest BCUT2D eigenvalue weighted by Gasteiger charge is 2.31. The molecule has 0 aromatic heterocycles. The van der Waals surface area contributed by atoms with Gasteiger partial charge in [-0.1, -0.05) is 42.1 Å². The Balaban J connectivity index is 1.26. The Morgan fingerprint density at radius 1 is 1.00 bits per heavy atom. The third kappa shape index (κ3) is 7.98. The predicted octanol–water partition coefficient (Wildman–Crippen LogP) is 6.26. The quantitative estimate of drug-likeness (QED) is 0.176. The normalized spacial score (nSPS) is 14.2. The Labute approximate surface area is 235 Å². The maximum absolute atomic E-state index is 13.4. The summed E-state index contributed by atoms with van der Waals surface area (Å²) in [6.45, 7) is 5.85. The molecule has 0 atom stereocenters. The first-order chi connectivity index (χ1) is 19.1. The zero-order valence-corrected chi connectivity index (χ0v) is 22.9. The maximum Gasteiger partial charge on any atom is 0.416 e. The summed E-state index contributed by atoms with van der Waals surface area (Å²) in [6, 6.07) is 17.6. The summed E-state index contributed by atoms with van der Waals surface area (Å²) in [4.78, 5) is 28.8. The van der Waals surface area contributed by atoms with Gasteiger partial charge in [-0.05, 0) is 55.3 Å². The number of rotatable bonds is 10. The number of anilines is 1. The lowest BCUT2D eigenvalue weighted by molar-refractivity contribution is -0.384. The number of nitro groups is 1. The molecule has 1 N–H and O–H groups in total. The number of benzene rings is 3. The van der Waals surface area contributed by atoms with Gasteiger partial charge in [0.25, 0.3) is 5.69 Å².